The standard InChI is InChI=1S/C16H30N2/c1-14(16-9-12-18(2)13-10-16)17-11-8-15-6-4-3-5-7-15/h6,14,16-17H,3-5,7-13H2,1-2H3. The first kappa shape index (κ1) is 14.1. The van der Waals surface area contributed by atoms with Gasteiger partial charge in [0.05, 0.1) is 0 Å². The van der Waals surface area contributed by atoms with Crippen molar-refractivity contribution in [3.8, 4) is 0 Å². The van der Waals surface area contributed by atoms with Crippen LogP contribution < -0.4 is 5.32 Å². The van der Waals surface area contributed by atoms with E-state index in [2.05, 4.69) is 30.3 Å². The normalized spacial score (nSPS) is 24.9. The monoisotopic (exact) mass is 250 g/mol. The largest absolute Gasteiger partial charge is 0.314 e. The summed E-state index contributed by atoms with van der Waals surface area (Å²) in [6.45, 7) is 6.12. The van der Waals surface area contributed by atoms with Gasteiger partial charge in [0.25, 0.3) is 0 Å². The minimum atomic E-state index is 0.697. The SMILES string of the molecule is CC(NCCC1=CCCCC1)C1CCN(C)CC1. The Morgan fingerprint density at radius 3 is 2.78 bits per heavy atom. The third kappa shape index (κ3) is 4.40. The minimum absolute atomic E-state index is 0.697. The van der Waals surface area contributed by atoms with Crippen LogP contribution in [0, 0.1) is 5.92 Å². The Hall–Kier alpha value is -0.340. The summed E-state index contributed by atoms with van der Waals surface area (Å²) in [5.41, 5.74) is 1.70. The number of nitrogens with one attached hydrogen (secondary N) is 1. The summed E-state index contributed by atoms with van der Waals surface area (Å²) in [4.78, 5) is 2.45. The molecule has 1 aliphatic carbocycles. The third-order valence-corrected chi connectivity index (χ3v) is 4.77. The third-order valence-electron chi connectivity index (χ3n) is 4.77. The van der Waals surface area contributed by atoms with E-state index in [9.17, 15) is 0 Å². The van der Waals surface area contributed by atoms with Crippen LogP contribution in [0.2, 0.25) is 0 Å². The molecule has 1 fully saturated rings. The van der Waals surface area contributed by atoms with Crippen LogP contribution in [0.4, 0.5) is 0 Å². The summed E-state index contributed by atoms with van der Waals surface area (Å²) in [5, 5.41) is 3.76. The van der Waals surface area contributed by atoms with E-state index in [0.717, 1.165) is 5.92 Å². The molecule has 2 rings (SSSR count). The van der Waals surface area contributed by atoms with Gasteiger partial charge in [-0.25, -0.2) is 0 Å². The van der Waals surface area contributed by atoms with Gasteiger partial charge in [-0.2, -0.15) is 0 Å². The fourth-order valence-corrected chi connectivity index (χ4v) is 3.29. The van der Waals surface area contributed by atoms with Crippen molar-refractivity contribution in [1.82, 2.24) is 10.2 Å². The molecule has 2 aliphatic rings. The molecule has 1 aliphatic heterocycles. The van der Waals surface area contributed by atoms with Gasteiger partial charge >= 0.3 is 0 Å². The number of allylic oxidation sites excluding steroid dienone is 1. The second-order valence-electron chi connectivity index (χ2n) is 6.24. The molecule has 1 unspecified atom stereocenters. The molecule has 1 atom stereocenters. The number of hydrogen-bond donors (Lipinski definition) is 1. The first-order valence-corrected chi connectivity index (χ1v) is 7.85. The van der Waals surface area contributed by atoms with Crippen LogP contribution in [-0.2, 0) is 0 Å². The van der Waals surface area contributed by atoms with Crippen molar-refractivity contribution in [2.45, 2.75) is 57.9 Å². The molecule has 0 aromatic carbocycles. The maximum Gasteiger partial charge on any atom is 0.00680 e. The first-order chi connectivity index (χ1) is 8.75. The minimum Gasteiger partial charge on any atom is -0.314 e. The maximum absolute atomic E-state index is 3.76. The Morgan fingerprint density at radius 1 is 1.33 bits per heavy atom. The van der Waals surface area contributed by atoms with Crippen LogP contribution in [0.5, 0.6) is 0 Å². The summed E-state index contributed by atoms with van der Waals surface area (Å²) in [5.74, 6) is 0.890. The van der Waals surface area contributed by atoms with Crippen LogP contribution in [0.15, 0.2) is 11.6 Å². The molecule has 0 spiro atoms. The zero-order valence-electron chi connectivity index (χ0n) is 12.3. The molecule has 2 nitrogen and oxygen atoms in total. The molecular weight excluding hydrogens is 220 g/mol. The van der Waals surface area contributed by atoms with Gasteiger partial charge < -0.3 is 10.2 Å². The van der Waals surface area contributed by atoms with Crippen LogP contribution >= 0.6 is 0 Å². The summed E-state index contributed by atoms with van der Waals surface area (Å²) in [6.07, 6.45) is 12.0. The average Bonchev–Trinajstić information content (AvgIpc) is 2.40. The molecule has 0 aromatic heterocycles. The van der Waals surface area contributed by atoms with Crippen molar-refractivity contribution >= 4 is 0 Å². The Morgan fingerprint density at radius 2 is 2.11 bits per heavy atom. The van der Waals surface area contributed by atoms with E-state index >= 15 is 0 Å². The highest BCUT2D eigenvalue weighted by molar-refractivity contribution is 5.05. The Bertz CT molecular complexity index is 264. The average molecular weight is 250 g/mol. The molecule has 0 aromatic rings. The molecular formula is C16H30N2. The van der Waals surface area contributed by atoms with E-state index in [1.165, 1.54) is 64.6 Å². The van der Waals surface area contributed by atoms with Crippen molar-refractivity contribution in [3.63, 3.8) is 0 Å². The van der Waals surface area contributed by atoms with Gasteiger partial charge in [0, 0.05) is 6.04 Å². The van der Waals surface area contributed by atoms with Crippen molar-refractivity contribution in [2.24, 2.45) is 5.92 Å². The van der Waals surface area contributed by atoms with Gasteiger partial charge in [-0.05, 0) is 84.5 Å². The molecule has 104 valence electrons. The van der Waals surface area contributed by atoms with Crippen molar-refractivity contribution < 1.29 is 0 Å². The van der Waals surface area contributed by atoms with Crippen molar-refractivity contribution in [2.75, 3.05) is 26.7 Å². The second-order valence-corrected chi connectivity index (χ2v) is 6.24. The van der Waals surface area contributed by atoms with Crippen LogP contribution in [0.25, 0.3) is 0 Å². The molecule has 2 heteroatoms. The van der Waals surface area contributed by atoms with Gasteiger partial charge in [0.2, 0.25) is 0 Å². The lowest BCUT2D eigenvalue weighted by atomic mass is 9.90. The fraction of sp³-hybridized carbons (Fsp3) is 0.875. The highest BCUT2D eigenvalue weighted by Crippen LogP contribution is 2.21. The van der Waals surface area contributed by atoms with Crippen molar-refractivity contribution in [1.29, 1.82) is 0 Å². The van der Waals surface area contributed by atoms with E-state index < -0.39 is 0 Å². The summed E-state index contributed by atoms with van der Waals surface area (Å²) in [7, 11) is 2.24. The zero-order valence-corrected chi connectivity index (χ0v) is 12.3. The van der Waals surface area contributed by atoms with E-state index in [0.29, 0.717) is 6.04 Å². The summed E-state index contributed by atoms with van der Waals surface area (Å²) >= 11 is 0. The molecule has 1 saturated heterocycles. The molecule has 0 bridgehead atoms. The fourth-order valence-electron chi connectivity index (χ4n) is 3.29. The number of hydrogen-bond acceptors (Lipinski definition) is 2. The predicted molar refractivity (Wildman–Crippen MR) is 78.9 cm³/mol. The first-order valence-electron chi connectivity index (χ1n) is 7.85. The van der Waals surface area contributed by atoms with E-state index in [4.69, 9.17) is 0 Å². The van der Waals surface area contributed by atoms with Crippen LogP contribution in [-0.4, -0.2) is 37.6 Å². The topological polar surface area (TPSA) is 15.3 Å². The van der Waals surface area contributed by atoms with Crippen molar-refractivity contribution in [3.05, 3.63) is 11.6 Å². The van der Waals surface area contributed by atoms with E-state index in [1.807, 2.05) is 0 Å². The predicted octanol–water partition coefficient (Wildman–Crippen LogP) is 3.20. The van der Waals surface area contributed by atoms with Gasteiger partial charge in [-0.3, -0.25) is 0 Å². The quantitative estimate of drug-likeness (QED) is 0.754. The lowest BCUT2D eigenvalue weighted by Gasteiger charge is -2.33. The smallest absolute Gasteiger partial charge is 0.00680 e. The highest BCUT2D eigenvalue weighted by Gasteiger charge is 2.21. The number of rotatable bonds is 5. The summed E-state index contributed by atoms with van der Waals surface area (Å²) < 4.78 is 0. The van der Waals surface area contributed by atoms with Crippen LogP contribution in [0.1, 0.15) is 51.9 Å². The molecule has 1 heterocycles. The molecule has 0 amide bonds. The Labute approximate surface area is 113 Å². The van der Waals surface area contributed by atoms with Crippen LogP contribution in [0.3, 0.4) is 0 Å². The number of likely N-dealkylation sites (tertiary alicyclic amines) is 1. The lowest BCUT2D eigenvalue weighted by Crippen LogP contribution is -2.41. The molecule has 0 saturated carbocycles. The number of piperidine rings is 1. The highest BCUT2D eigenvalue weighted by atomic mass is 15.1. The van der Waals surface area contributed by atoms with E-state index in [-0.39, 0.29) is 0 Å². The lowest BCUT2D eigenvalue weighted by molar-refractivity contribution is 0.190. The second kappa shape index (κ2) is 7.30. The van der Waals surface area contributed by atoms with Gasteiger partial charge in [0.1, 0.15) is 0 Å². The van der Waals surface area contributed by atoms with E-state index in [1.54, 1.807) is 5.57 Å². The molecule has 18 heavy (non-hydrogen) atoms. The van der Waals surface area contributed by atoms with Gasteiger partial charge in [-0.15, -0.1) is 0 Å². The van der Waals surface area contributed by atoms with Gasteiger partial charge in [0.15, 0.2) is 0 Å². The maximum atomic E-state index is 3.76. The Balaban J connectivity index is 1.62. The molecule has 1 N–H and O–H groups in total. The van der Waals surface area contributed by atoms with Gasteiger partial charge in [-0.1, -0.05) is 11.6 Å². The molecule has 0 radical (unpaired) electrons. The Kier molecular flexibility index (Phi) is 5.71. The summed E-state index contributed by atoms with van der Waals surface area (Å²) in [6, 6.07) is 0.697. The number of nitrogens with zero attached hydrogens (tertiary/aromatic N) is 1. The zero-order chi connectivity index (χ0) is 12.8.